The summed E-state index contributed by atoms with van der Waals surface area (Å²) < 4.78 is 24.1. The third kappa shape index (κ3) is 2.71. The van der Waals surface area contributed by atoms with Gasteiger partial charge < -0.3 is 14.6 Å². The van der Waals surface area contributed by atoms with Gasteiger partial charge in [-0.1, -0.05) is 12.1 Å². The highest BCUT2D eigenvalue weighted by Crippen LogP contribution is 2.22. The summed E-state index contributed by atoms with van der Waals surface area (Å²) >= 11 is 0. The number of methoxy groups -OCH3 is 1. The Kier molecular flexibility index (Phi) is 3.67. The Morgan fingerprint density at radius 1 is 1.11 bits per heavy atom. The van der Waals surface area contributed by atoms with E-state index in [1.165, 1.54) is 19.2 Å². The second-order valence-electron chi connectivity index (χ2n) is 3.72. The zero-order valence-electron chi connectivity index (χ0n) is 9.89. The number of phenolic OH excluding ortho intramolecular Hbond substituents is 1. The van der Waals surface area contributed by atoms with E-state index in [0.29, 0.717) is 11.3 Å². The molecule has 2 rings (SSSR count). The summed E-state index contributed by atoms with van der Waals surface area (Å²) in [4.78, 5) is 0. The van der Waals surface area contributed by atoms with E-state index in [9.17, 15) is 4.39 Å². The summed E-state index contributed by atoms with van der Waals surface area (Å²) in [6, 6.07) is 11.2. The molecule has 18 heavy (non-hydrogen) atoms. The number of phenols is 1. The molecule has 4 heteroatoms. The smallest absolute Gasteiger partial charge is 0.171 e. The highest BCUT2D eigenvalue weighted by molar-refractivity contribution is 5.32. The van der Waals surface area contributed by atoms with Crippen LogP contribution in [0.2, 0.25) is 0 Å². The van der Waals surface area contributed by atoms with E-state index in [0.717, 1.165) is 0 Å². The average Bonchev–Trinajstić information content (AvgIpc) is 2.39. The van der Waals surface area contributed by atoms with Gasteiger partial charge in [0.1, 0.15) is 18.1 Å². The molecule has 2 aromatic carbocycles. The number of hydrogen-bond acceptors (Lipinski definition) is 3. The molecule has 0 aromatic heterocycles. The van der Waals surface area contributed by atoms with Crippen molar-refractivity contribution in [1.82, 2.24) is 0 Å². The Morgan fingerprint density at radius 2 is 1.83 bits per heavy atom. The van der Waals surface area contributed by atoms with Crippen LogP contribution in [0.5, 0.6) is 17.2 Å². The van der Waals surface area contributed by atoms with Crippen LogP contribution in [0.1, 0.15) is 5.56 Å². The van der Waals surface area contributed by atoms with Gasteiger partial charge in [-0.3, -0.25) is 0 Å². The van der Waals surface area contributed by atoms with Crippen LogP contribution in [0.4, 0.5) is 4.39 Å². The van der Waals surface area contributed by atoms with Crippen molar-refractivity contribution in [2.45, 2.75) is 6.61 Å². The first kappa shape index (κ1) is 12.2. The van der Waals surface area contributed by atoms with Gasteiger partial charge in [-0.2, -0.15) is 0 Å². The molecule has 0 atom stereocenters. The van der Waals surface area contributed by atoms with Crippen molar-refractivity contribution >= 4 is 0 Å². The third-order valence-corrected chi connectivity index (χ3v) is 2.49. The molecule has 0 heterocycles. The summed E-state index contributed by atoms with van der Waals surface area (Å²) in [7, 11) is 1.42. The first-order valence-corrected chi connectivity index (χ1v) is 5.44. The van der Waals surface area contributed by atoms with E-state index in [1.807, 2.05) is 0 Å². The molecule has 0 aliphatic heterocycles. The molecule has 0 amide bonds. The van der Waals surface area contributed by atoms with Gasteiger partial charge in [0.05, 0.1) is 7.11 Å². The lowest BCUT2D eigenvalue weighted by molar-refractivity contribution is 0.295. The third-order valence-electron chi connectivity index (χ3n) is 2.49. The summed E-state index contributed by atoms with van der Waals surface area (Å²) in [5, 5.41) is 9.12. The Labute approximate surface area is 104 Å². The Balaban J connectivity index is 2.08. The van der Waals surface area contributed by atoms with Crippen LogP contribution in [-0.4, -0.2) is 12.2 Å². The van der Waals surface area contributed by atoms with Gasteiger partial charge in [0.15, 0.2) is 11.6 Å². The molecule has 0 saturated carbocycles. The molecule has 1 N–H and O–H groups in total. The first-order chi connectivity index (χ1) is 8.70. The predicted octanol–water partition coefficient (Wildman–Crippen LogP) is 3.12. The maximum absolute atomic E-state index is 13.8. The number of rotatable bonds is 4. The van der Waals surface area contributed by atoms with Crippen LogP contribution in [0.25, 0.3) is 0 Å². The number of halogens is 1. The summed E-state index contributed by atoms with van der Waals surface area (Å²) in [6.45, 7) is 0.105. The van der Waals surface area contributed by atoms with Gasteiger partial charge in [0.25, 0.3) is 0 Å². The second kappa shape index (κ2) is 5.40. The summed E-state index contributed by atoms with van der Waals surface area (Å²) in [5.41, 5.74) is 0.419. The van der Waals surface area contributed by atoms with Crippen LogP contribution in [-0.2, 0) is 6.61 Å². The number of aromatic hydroxyl groups is 1. The maximum Gasteiger partial charge on any atom is 0.171 e. The SMILES string of the molecule is COc1cccc(COc2ccc(O)cc2)c1F. The van der Waals surface area contributed by atoms with Crippen LogP contribution >= 0.6 is 0 Å². The van der Waals surface area contributed by atoms with E-state index >= 15 is 0 Å². The second-order valence-corrected chi connectivity index (χ2v) is 3.72. The molecule has 2 aromatic rings. The molecule has 0 unspecified atom stereocenters. The molecular formula is C14H13FO3. The van der Waals surface area contributed by atoms with Crippen molar-refractivity contribution < 1.29 is 19.0 Å². The van der Waals surface area contributed by atoms with Crippen molar-refractivity contribution in [2.24, 2.45) is 0 Å². The van der Waals surface area contributed by atoms with Gasteiger partial charge in [0, 0.05) is 5.56 Å². The van der Waals surface area contributed by atoms with Crippen molar-refractivity contribution in [3.05, 3.63) is 53.8 Å². The number of ether oxygens (including phenoxy) is 2. The summed E-state index contributed by atoms with van der Waals surface area (Å²) in [6.07, 6.45) is 0. The largest absolute Gasteiger partial charge is 0.508 e. The van der Waals surface area contributed by atoms with Gasteiger partial charge in [-0.15, -0.1) is 0 Å². The Bertz CT molecular complexity index is 523. The van der Waals surface area contributed by atoms with Crippen LogP contribution in [0.15, 0.2) is 42.5 Å². The zero-order valence-corrected chi connectivity index (χ0v) is 9.89. The summed E-state index contributed by atoms with van der Waals surface area (Å²) in [5.74, 6) is 0.505. The van der Waals surface area contributed by atoms with E-state index in [-0.39, 0.29) is 18.1 Å². The fraction of sp³-hybridized carbons (Fsp3) is 0.143. The van der Waals surface area contributed by atoms with Crippen LogP contribution in [0.3, 0.4) is 0 Å². The van der Waals surface area contributed by atoms with Crippen molar-refractivity contribution in [3.8, 4) is 17.2 Å². The van der Waals surface area contributed by atoms with E-state index < -0.39 is 5.82 Å². The maximum atomic E-state index is 13.8. The van der Waals surface area contributed by atoms with E-state index in [4.69, 9.17) is 14.6 Å². The minimum Gasteiger partial charge on any atom is -0.508 e. The number of benzene rings is 2. The van der Waals surface area contributed by atoms with E-state index in [1.54, 1.807) is 30.3 Å². The topological polar surface area (TPSA) is 38.7 Å². The molecule has 0 fully saturated rings. The molecule has 0 bridgehead atoms. The minimum atomic E-state index is -0.418. The van der Waals surface area contributed by atoms with Gasteiger partial charge in [-0.25, -0.2) is 4.39 Å². The van der Waals surface area contributed by atoms with Crippen LogP contribution in [0, 0.1) is 5.82 Å². The van der Waals surface area contributed by atoms with Crippen molar-refractivity contribution in [1.29, 1.82) is 0 Å². The Morgan fingerprint density at radius 3 is 2.50 bits per heavy atom. The van der Waals surface area contributed by atoms with Gasteiger partial charge >= 0.3 is 0 Å². The molecule has 3 nitrogen and oxygen atoms in total. The first-order valence-electron chi connectivity index (χ1n) is 5.44. The lowest BCUT2D eigenvalue weighted by Crippen LogP contribution is -2.00. The molecule has 0 aliphatic carbocycles. The fourth-order valence-electron chi connectivity index (χ4n) is 1.53. The molecular weight excluding hydrogens is 235 g/mol. The lowest BCUT2D eigenvalue weighted by atomic mass is 10.2. The zero-order chi connectivity index (χ0) is 13.0. The highest BCUT2D eigenvalue weighted by atomic mass is 19.1. The van der Waals surface area contributed by atoms with Gasteiger partial charge in [0.2, 0.25) is 0 Å². The molecule has 0 radical (unpaired) electrons. The average molecular weight is 248 g/mol. The predicted molar refractivity (Wildman–Crippen MR) is 65.4 cm³/mol. The minimum absolute atomic E-state index is 0.105. The van der Waals surface area contributed by atoms with Crippen molar-refractivity contribution in [3.63, 3.8) is 0 Å². The normalized spacial score (nSPS) is 10.1. The molecule has 94 valence electrons. The lowest BCUT2D eigenvalue weighted by Gasteiger charge is -2.09. The molecule has 0 spiro atoms. The van der Waals surface area contributed by atoms with Crippen LogP contribution < -0.4 is 9.47 Å². The fourth-order valence-corrected chi connectivity index (χ4v) is 1.53. The molecule has 0 aliphatic rings. The standard InChI is InChI=1S/C14H13FO3/c1-17-13-4-2-3-10(14(13)15)9-18-12-7-5-11(16)6-8-12/h2-8,16H,9H2,1H3. The Hall–Kier alpha value is -2.23. The monoisotopic (exact) mass is 248 g/mol. The highest BCUT2D eigenvalue weighted by Gasteiger charge is 2.08. The van der Waals surface area contributed by atoms with Gasteiger partial charge in [-0.05, 0) is 30.3 Å². The quantitative estimate of drug-likeness (QED) is 0.903. The number of hydrogen-bond donors (Lipinski definition) is 1. The molecule has 0 saturated heterocycles. The van der Waals surface area contributed by atoms with E-state index in [2.05, 4.69) is 0 Å². The van der Waals surface area contributed by atoms with Crippen molar-refractivity contribution in [2.75, 3.05) is 7.11 Å².